The van der Waals surface area contributed by atoms with Gasteiger partial charge in [0.15, 0.2) is 0 Å². The number of nitro groups is 1. The first-order valence-corrected chi connectivity index (χ1v) is 6.65. The van der Waals surface area contributed by atoms with Crippen LogP contribution in [-0.4, -0.2) is 9.91 Å². The van der Waals surface area contributed by atoms with Gasteiger partial charge in [-0.05, 0) is 40.5 Å². The molecule has 0 atom stereocenters. The molecule has 0 N–H and O–H groups in total. The van der Waals surface area contributed by atoms with E-state index in [-0.39, 0.29) is 16.1 Å². The number of pyridine rings is 1. The molecule has 0 bridgehead atoms. The molecule has 0 fully saturated rings. The molecule has 116 valence electrons. The molecule has 22 heavy (non-hydrogen) atoms. The third-order valence-electron chi connectivity index (χ3n) is 2.65. The summed E-state index contributed by atoms with van der Waals surface area (Å²) in [7, 11) is 0. The van der Waals surface area contributed by atoms with E-state index in [0.717, 1.165) is 12.1 Å². The predicted octanol–water partition coefficient (Wildman–Crippen LogP) is 4.93. The van der Waals surface area contributed by atoms with Crippen LogP contribution in [-0.2, 0) is 0 Å². The molecule has 0 saturated heterocycles. The monoisotopic (exact) mass is 376 g/mol. The van der Waals surface area contributed by atoms with Crippen molar-refractivity contribution in [1.29, 1.82) is 0 Å². The largest absolute Gasteiger partial charge is 0.434 e. The molecule has 0 unspecified atom stereocenters. The lowest BCUT2D eigenvalue weighted by Crippen LogP contribution is -1.99. The van der Waals surface area contributed by atoms with Gasteiger partial charge in [0.1, 0.15) is 11.6 Å². The number of hydrogen-bond acceptors (Lipinski definition) is 4. The fourth-order valence-electron chi connectivity index (χ4n) is 1.66. The highest BCUT2D eigenvalue weighted by molar-refractivity contribution is 9.10. The molecule has 0 spiro atoms. The van der Waals surface area contributed by atoms with E-state index < -0.39 is 28.4 Å². The summed E-state index contributed by atoms with van der Waals surface area (Å²) in [6, 6.07) is 3.09. The van der Waals surface area contributed by atoms with Gasteiger partial charge >= 0.3 is 5.69 Å². The lowest BCUT2D eigenvalue weighted by Gasteiger charge is -2.09. The zero-order valence-corrected chi connectivity index (χ0v) is 12.6. The van der Waals surface area contributed by atoms with Gasteiger partial charge in [-0.15, -0.1) is 0 Å². The van der Waals surface area contributed by atoms with E-state index in [0.29, 0.717) is 5.56 Å². The standard InChI is InChI=1S/C13H8BrF3N2O3/c1-6-2-10(19(20)21)13(18-5-6)22-7-3-8(12(16)17)11(15)9(14)4-7/h2-5,12H,1H3. The third kappa shape index (κ3) is 3.35. The van der Waals surface area contributed by atoms with E-state index in [4.69, 9.17) is 4.74 Å². The molecule has 0 amide bonds. The van der Waals surface area contributed by atoms with Gasteiger partial charge in [-0.1, -0.05) is 0 Å². The van der Waals surface area contributed by atoms with Crippen molar-refractivity contribution in [1.82, 2.24) is 4.98 Å². The van der Waals surface area contributed by atoms with Crippen molar-refractivity contribution in [3.8, 4) is 11.6 Å². The van der Waals surface area contributed by atoms with E-state index in [1.54, 1.807) is 6.92 Å². The van der Waals surface area contributed by atoms with E-state index in [2.05, 4.69) is 20.9 Å². The Kier molecular flexibility index (Phi) is 4.65. The van der Waals surface area contributed by atoms with Crippen molar-refractivity contribution in [2.75, 3.05) is 0 Å². The second kappa shape index (κ2) is 6.30. The summed E-state index contributed by atoms with van der Waals surface area (Å²) in [4.78, 5) is 14.0. The van der Waals surface area contributed by atoms with Gasteiger partial charge in [-0.2, -0.15) is 0 Å². The number of ether oxygens (including phenoxy) is 1. The predicted molar refractivity (Wildman–Crippen MR) is 74.8 cm³/mol. The van der Waals surface area contributed by atoms with Crippen LogP contribution < -0.4 is 4.74 Å². The summed E-state index contributed by atoms with van der Waals surface area (Å²) >= 11 is 2.80. The maximum Gasteiger partial charge on any atom is 0.331 e. The van der Waals surface area contributed by atoms with Crippen LogP contribution >= 0.6 is 15.9 Å². The van der Waals surface area contributed by atoms with Crippen LogP contribution in [0.15, 0.2) is 28.9 Å². The van der Waals surface area contributed by atoms with Gasteiger partial charge in [-0.3, -0.25) is 10.1 Å². The average Bonchev–Trinajstić information content (AvgIpc) is 2.44. The van der Waals surface area contributed by atoms with E-state index in [9.17, 15) is 23.3 Å². The third-order valence-corrected chi connectivity index (χ3v) is 3.22. The Labute approximate surface area is 131 Å². The Bertz CT molecular complexity index is 741. The van der Waals surface area contributed by atoms with E-state index in [1.807, 2.05) is 0 Å². The van der Waals surface area contributed by atoms with Crippen LogP contribution in [0.25, 0.3) is 0 Å². The van der Waals surface area contributed by atoms with Crippen molar-refractivity contribution in [2.45, 2.75) is 13.3 Å². The van der Waals surface area contributed by atoms with Gasteiger partial charge < -0.3 is 4.74 Å². The lowest BCUT2D eigenvalue weighted by molar-refractivity contribution is -0.386. The van der Waals surface area contributed by atoms with Crippen molar-refractivity contribution in [2.24, 2.45) is 0 Å². The maximum absolute atomic E-state index is 13.5. The number of benzene rings is 1. The summed E-state index contributed by atoms with van der Waals surface area (Å²) in [6.07, 6.45) is -1.73. The average molecular weight is 377 g/mol. The lowest BCUT2D eigenvalue weighted by atomic mass is 10.2. The topological polar surface area (TPSA) is 65.3 Å². The van der Waals surface area contributed by atoms with Gasteiger partial charge in [0.05, 0.1) is 15.0 Å². The molecular weight excluding hydrogens is 369 g/mol. The van der Waals surface area contributed by atoms with Crippen LogP contribution in [0, 0.1) is 22.9 Å². The fraction of sp³-hybridized carbons (Fsp3) is 0.154. The van der Waals surface area contributed by atoms with Gasteiger partial charge in [0.25, 0.3) is 12.3 Å². The molecule has 2 aromatic rings. The summed E-state index contributed by atoms with van der Waals surface area (Å²) in [5.74, 6) is -1.67. The van der Waals surface area contributed by atoms with Crippen LogP contribution in [0.1, 0.15) is 17.6 Å². The minimum atomic E-state index is -3.05. The molecule has 0 radical (unpaired) electrons. The van der Waals surface area contributed by atoms with Gasteiger partial charge in [0.2, 0.25) is 0 Å². The van der Waals surface area contributed by atoms with Crippen molar-refractivity contribution < 1.29 is 22.8 Å². The second-order valence-corrected chi connectivity index (χ2v) is 5.16. The number of aromatic nitrogens is 1. The maximum atomic E-state index is 13.5. The highest BCUT2D eigenvalue weighted by atomic mass is 79.9. The molecule has 1 aromatic heterocycles. The fourth-order valence-corrected chi connectivity index (χ4v) is 2.12. The SMILES string of the molecule is Cc1cnc(Oc2cc(Br)c(F)c(C(F)F)c2)c([N+](=O)[O-])c1. The Morgan fingerprint density at radius 3 is 2.64 bits per heavy atom. The quantitative estimate of drug-likeness (QED) is 0.560. The van der Waals surface area contributed by atoms with Crippen molar-refractivity contribution in [3.63, 3.8) is 0 Å². The highest BCUT2D eigenvalue weighted by Crippen LogP contribution is 2.35. The number of rotatable bonds is 4. The van der Waals surface area contributed by atoms with Gasteiger partial charge in [0, 0.05) is 12.3 Å². The molecule has 0 aliphatic carbocycles. The van der Waals surface area contributed by atoms with E-state index in [1.165, 1.54) is 12.3 Å². The van der Waals surface area contributed by atoms with E-state index >= 15 is 0 Å². The molecule has 1 aromatic carbocycles. The first kappa shape index (κ1) is 16.2. The first-order chi connectivity index (χ1) is 10.3. The van der Waals surface area contributed by atoms with Crippen LogP contribution in [0.3, 0.4) is 0 Å². The summed E-state index contributed by atoms with van der Waals surface area (Å²) in [5.41, 5.74) is -0.759. The van der Waals surface area contributed by atoms with Crippen molar-refractivity contribution in [3.05, 3.63) is 55.9 Å². The van der Waals surface area contributed by atoms with Crippen molar-refractivity contribution >= 4 is 21.6 Å². The zero-order chi connectivity index (χ0) is 16.4. The molecule has 5 nitrogen and oxygen atoms in total. The van der Waals surface area contributed by atoms with Crippen LogP contribution in [0.4, 0.5) is 18.9 Å². The Morgan fingerprint density at radius 1 is 1.36 bits per heavy atom. The molecule has 0 aliphatic rings. The molecule has 2 rings (SSSR count). The number of halogens is 4. The van der Waals surface area contributed by atoms with Crippen LogP contribution in [0.2, 0.25) is 0 Å². The highest BCUT2D eigenvalue weighted by Gasteiger charge is 2.21. The number of hydrogen-bond donors (Lipinski definition) is 0. The minimum absolute atomic E-state index is 0.192. The zero-order valence-electron chi connectivity index (χ0n) is 11.0. The number of aryl methyl sites for hydroxylation is 1. The Balaban J connectivity index is 2.46. The summed E-state index contributed by atoms with van der Waals surface area (Å²) < 4.78 is 43.9. The molecule has 9 heteroatoms. The van der Waals surface area contributed by atoms with Crippen LogP contribution in [0.5, 0.6) is 11.6 Å². The normalized spacial score (nSPS) is 10.8. The smallest absolute Gasteiger partial charge is 0.331 e. The number of nitrogens with zero attached hydrogens (tertiary/aromatic N) is 2. The molecule has 0 saturated carbocycles. The first-order valence-electron chi connectivity index (χ1n) is 5.85. The Morgan fingerprint density at radius 2 is 2.05 bits per heavy atom. The second-order valence-electron chi connectivity index (χ2n) is 4.31. The van der Waals surface area contributed by atoms with Gasteiger partial charge in [-0.25, -0.2) is 18.2 Å². The minimum Gasteiger partial charge on any atom is -0.434 e. The molecule has 0 aliphatic heterocycles. The Hall–Kier alpha value is -2.16. The number of alkyl halides is 2. The summed E-state index contributed by atoms with van der Waals surface area (Å²) in [6.45, 7) is 1.60. The molecular formula is C13H8BrF3N2O3. The molecule has 1 heterocycles. The summed E-state index contributed by atoms with van der Waals surface area (Å²) in [5, 5.41) is 11.0.